The van der Waals surface area contributed by atoms with E-state index >= 15 is 0 Å². The number of urea groups is 2. The fourth-order valence-electron chi connectivity index (χ4n) is 7.10. The minimum absolute atomic E-state index is 0.0357. The number of nitrogens with one attached hydrogen (secondary N) is 6. The Hall–Kier alpha value is -9.32. The number of para-hydroxylation sites is 2. The molecule has 6 amide bonds. The summed E-state index contributed by atoms with van der Waals surface area (Å²) < 4.78 is 21.6. The van der Waals surface area contributed by atoms with Gasteiger partial charge in [-0.2, -0.15) is 0 Å². The van der Waals surface area contributed by atoms with Crippen molar-refractivity contribution in [2.75, 3.05) is 23.7 Å². The molecule has 0 aliphatic carbocycles. The van der Waals surface area contributed by atoms with Gasteiger partial charge in [-0.25, -0.2) is 19.2 Å². The first-order valence-corrected chi connectivity index (χ1v) is 23.7. The summed E-state index contributed by atoms with van der Waals surface area (Å²) in [5.41, 5.74) is 4.53. The summed E-state index contributed by atoms with van der Waals surface area (Å²) in [5, 5.41) is 15.5. The highest BCUT2D eigenvalue weighted by Crippen LogP contribution is 2.33. The maximum atomic E-state index is 13.2. The first-order chi connectivity index (χ1) is 36.0. The molecule has 0 aliphatic heterocycles. The number of esters is 4. The summed E-state index contributed by atoms with van der Waals surface area (Å²) in [6.45, 7) is -1.18. The summed E-state index contributed by atoms with van der Waals surface area (Å²) in [5.74, 6) is -4.20. The summed E-state index contributed by atoms with van der Waals surface area (Å²) in [7, 11) is 0. The Morgan fingerprint density at radius 2 is 0.662 bits per heavy atom. The van der Waals surface area contributed by atoms with Crippen molar-refractivity contribution in [1.82, 2.24) is 21.3 Å². The Balaban J connectivity index is 1.01. The topological polar surface area (TPSA) is 246 Å². The van der Waals surface area contributed by atoms with Gasteiger partial charge in [-0.1, -0.05) is 158 Å². The lowest BCUT2D eigenvalue weighted by Crippen LogP contribution is -2.47. The van der Waals surface area contributed by atoms with Gasteiger partial charge in [0.25, 0.3) is 0 Å². The molecule has 0 fully saturated rings. The van der Waals surface area contributed by atoms with Crippen molar-refractivity contribution < 1.29 is 57.3 Å². The Morgan fingerprint density at radius 3 is 1.00 bits per heavy atom. The zero-order chi connectivity index (χ0) is 52.3. The van der Waals surface area contributed by atoms with Crippen LogP contribution in [-0.2, 0) is 74.1 Å². The highest BCUT2D eigenvalue weighted by molar-refractivity contribution is 6.01. The predicted molar refractivity (Wildman–Crippen MR) is 273 cm³/mol. The van der Waals surface area contributed by atoms with Crippen molar-refractivity contribution in [1.29, 1.82) is 0 Å². The zero-order valence-electron chi connectivity index (χ0n) is 40.3. The Bertz CT molecular complexity index is 2630. The van der Waals surface area contributed by atoms with Crippen LogP contribution in [0.25, 0.3) is 11.1 Å². The molecule has 6 rings (SSSR count). The van der Waals surface area contributed by atoms with E-state index in [1.54, 1.807) is 121 Å². The molecule has 0 aromatic heterocycles. The predicted octanol–water partition coefficient (Wildman–Crippen LogP) is 7.10. The fraction of sp³-hybridized carbons (Fsp3) is 0.214. The van der Waals surface area contributed by atoms with Gasteiger partial charge in [-0.3, -0.25) is 19.2 Å². The average molecular weight is 1010 g/mol. The molecular formula is C56H56N6O12. The van der Waals surface area contributed by atoms with Gasteiger partial charge < -0.3 is 50.8 Å². The third-order valence-corrected chi connectivity index (χ3v) is 10.9. The second kappa shape index (κ2) is 29.1. The van der Waals surface area contributed by atoms with Crippen molar-refractivity contribution in [2.24, 2.45) is 0 Å². The largest absolute Gasteiger partial charge is 0.461 e. The quantitative estimate of drug-likeness (QED) is 0.0248. The molecule has 2 unspecified atom stereocenters. The normalized spacial score (nSPS) is 11.3. The molecule has 0 spiro atoms. The van der Waals surface area contributed by atoms with Crippen molar-refractivity contribution >= 4 is 59.1 Å². The van der Waals surface area contributed by atoms with E-state index in [0.29, 0.717) is 33.6 Å². The van der Waals surface area contributed by atoms with Crippen LogP contribution in [0.2, 0.25) is 0 Å². The molecule has 0 saturated carbocycles. The summed E-state index contributed by atoms with van der Waals surface area (Å²) in [6, 6.07) is 45.3. The van der Waals surface area contributed by atoms with Crippen LogP contribution in [0.4, 0.5) is 21.0 Å². The van der Waals surface area contributed by atoms with E-state index in [0.717, 1.165) is 11.1 Å². The molecule has 382 valence electrons. The van der Waals surface area contributed by atoms with Gasteiger partial charge in [0.15, 0.2) is 0 Å². The number of hydrogen-bond acceptors (Lipinski definition) is 12. The fourth-order valence-corrected chi connectivity index (χ4v) is 7.10. The molecule has 0 bridgehead atoms. The van der Waals surface area contributed by atoms with E-state index in [9.17, 15) is 38.4 Å². The number of ether oxygens (including phenoxy) is 4. The van der Waals surface area contributed by atoms with Gasteiger partial charge in [0.1, 0.15) is 38.5 Å². The monoisotopic (exact) mass is 1000 g/mol. The molecular weight excluding hydrogens is 949 g/mol. The van der Waals surface area contributed by atoms with Gasteiger partial charge in [0.05, 0.1) is 24.5 Å². The van der Waals surface area contributed by atoms with Crippen molar-refractivity contribution in [3.63, 3.8) is 0 Å². The molecule has 6 aromatic rings. The maximum Gasteiger partial charge on any atom is 0.328 e. The van der Waals surface area contributed by atoms with E-state index in [-0.39, 0.29) is 52.1 Å². The minimum Gasteiger partial charge on any atom is -0.461 e. The number of benzene rings is 6. The Labute approximate surface area is 427 Å². The first-order valence-electron chi connectivity index (χ1n) is 23.7. The van der Waals surface area contributed by atoms with E-state index in [4.69, 9.17) is 18.9 Å². The highest BCUT2D eigenvalue weighted by atomic mass is 16.5. The van der Waals surface area contributed by atoms with Crippen LogP contribution in [0.5, 0.6) is 0 Å². The lowest BCUT2D eigenvalue weighted by Gasteiger charge is -2.19. The van der Waals surface area contributed by atoms with E-state index < -0.39 is 72.9 Å². The van der Waals surface area contributed by atoms with Gasteiger partial charge in [0.2, 0.25) is 11.8 Å². The van der Waals surface area contributed by atoms with Crippen molar-refractivity contribution in [2.45, 2.75) is 64.2 Å². The number of anilines is 2. The lowest BCUT2D eigenvalue weighted by molar-refractivity contribution is -0.151. The number of rotatable bonds is 25. The van der Waals surface area contributed by atoms with Gasteiger partial charge >= 0.3 is 35.9 Å². The van der Waals surface area contributed by atoms with Crippen LogP contribution >= 0.6 is 0 Å². The van der Waals surface area contributed by atoms with Crippen molar-refractivity contribution in [3.8, 4) is 11.1 Å². The van der Waals surface area contributed by atoms with Crippen LogP contribution in [0.1, 0.15) is 47.9 Å². The number of carbonyl (C=O) groups is 8. The van der Waals surface area contributed by atoms with Crippen LogP contribution < -0.4 is 31.9 Å². The molecule has 0 radical (unpaired) electrons. The maximum absolute atomic E-state index is 13.2. The summed E-state index contributed by atoms with van der Waals surface area (Å²) in [6.07, 6.45) is -0.677. The average Bonchev–Trinajstić information content (AvgIpc) is 3.43. The van der Waals surface area contributed by atoms with E-state index in [2.05, 4.69) is 31.9 Å². The van der Waals surface area contributed by atoms with Crippen LogP contribution in [0.3, 0.4) is 0 Å². The van der Waals surface area contributed by atoms with Gasteiger partial charge in [-0.15, -0.1) is 0 Å². The lowest BCUT2D eigenvalue weighted by atomic mass is 10.0. The Morgan fingerprint density at radius 1 is 0.365 bits per heavy atom. The number of carbonyl (C=O) groups excluding carboxylic acids is 8. The smallest absolute Gasteiger partial charge is 0.328 e. The minimum atomic E-state index is -1.24. The molecule has 18 nitrogen and oxygen atoms in total. The third-order valence-electron chi connectivity index (χ3n) is 10.9. The summed E-state index contributed by atoms with van der Waals surface area (Å²) in [4.78, 5) is 104. The van der Waals surface area contributed by atoms with Crippen LogP contribution in [-0.4, -0.2) is 72.9 Å². The molecule has 6 aromatic carbocycles. The van der Waals surface area contributed by atoms with Crippen LogP contribution in [0.15, 0.2) is 170 Å². The van der Waals surface area contributed by atoms with Crippen molar-refractivity contribution in [3.05, 3.63) is 192 Å². The molecule has 0 saturated heterocycles. The van der Waals surface area contributed by atoms with Gasteiger partial charge in [-0.05, 0) is 47.2 Å². The second-order valence-electron chi connectivity index (χ2n) is 16.5. The molecule has 0 aliphatic rings. The second-order valence-corrected chi connectivity index (χ2v) is 16.5. The number of amides is 6. The highest BCUT2D eigenvalue weighted by Gasteiger charge is 2.26. The molecule has 18 heteroatoms. The van der Waals surface area contributed by atoms with E-state index in [1.165, 1.54) is 0 Å². The molecule has 0 heterocycles. The molecule has 6 N–H and O–H groups in total. The summed E-state index contributed by atoms with van der Waals surface area (Å²) >= 11 is 0. The standard InChI is InChI=1S/C56H56N6O12/c63-49(59-47(53(67)73-37-41-21-9-3-10-22-41)29-31-51(65)71-35-39-17-5-1-6-18-39)33-57-55(69)61-45-27-15-13-25-43(45)44-26-14-16-28-46(44)62-56(70)58-34-50(64)60-48(54(68)74-38-42-23-11-4-12-24-42)30-32-52(66)72-36-40-19-7-2-8-20-40/h1-28,47-48H,29-38H2,(H,59,63)(H,60,64)(H2,57,61,69)(H2,58,62,70). The third kappa shape index (κ3) is 18.8. The van der Waals surface area contributed by atoms with Gasteiger partial charge in [0, 0.05) is 24.0 Å². The zero-order valence-corrected chi connectivity index (χ0v) is 40.3. The Kier molecular flexibility index (Phi) is 21.3. The van der Waals surface area contributed by atoms with Crippen LogP contribution in [0, 0.1) is 0 Å². The number of hydrogen-bond donors (Lipinski definition) is 6. The SMILES string of the molecule is O=C(CNC(=O)Nc1ccccc1-c1ccccc1NC(=O)NCC(=O)NC(CCC(=O)OCc1ccccc1)C(=O)OCc1ccccc1)NC(CCC(=O)OCc1ccccc1)C(=O)OCc1ccccc1. The molecule has 74 heavy (non-hydrogen) atoms. The van der Waals surface area contributed by atoms with E-state index in [1.807, 2.05) is 48.5 Å². The molecule has 2 atom stereocenters. The first kappa shape index (κ1) is 54.0.